The predicted octanol–water partition coefficient (Wildman–Crippen LogP) is 3.25. The number of rotatable bonds is 9. The first-order chi connectivity index (χ1) is 15.0. The fourth-order valence-electron chi connectivity index (χ4n) is 3.64. The minimum absolute atomic E-state index is 0.183. The molecule has 2 aliphatic rings. The smallest absolute Gasteiger partial charge is 0.243 e. The number of piperidine rings is 1. The summed E-state index contributed by atoms with van der Waals surface area (Å²) in [5.41, 5.74) is 0.564. The summed E-state index contributed by atoms with van der Waals surface area (Å²) in [7, 11) is -3.47. The third-order valence-corrected chi connectivity index (χ3v) is 8.30. The number of allylic oxidation sites excluding steroid dienone is 1. The van der Waals surface area contributed by atoms with Gasteiger partial charge in [0.2, 0.25) is 15.9 Å². The van der Waals surface area contributed by atoms with Crippen LogP contribution < -0.4 is 5.32 Å². The van der Waals surface area contributed by atoms with Gasteiger partial charge in [-0.15, -0.1) is 16.8 Å². The van der Waals surface area contributed by atoms with E-state index in [1.807, 2.05) is 4.57 Å². The van der Waals surface area contributed by atoms with E-state index in [4.69, 9.17) is 0 Å². The molecule has 0 spiro atoms. The minimum atomic E-state index is -3.47. The van der Waals surface area contributed by atoms with Crippen molar-refractivity contribution in [2.75, 3.05) is 24.2 Å². The molecule has 0 unspecified atom stereocenters. The van der Waals surface area contributed by atoms with Crippen LogP contribution in [0.25, 0.3) is 0 Å². The maximum Gasteiger partial charge on any atom is 0.243 e. The Bertz CT molecular complexity index is 1040. The van der Waals surface area contributed by atoms with Gasteiger partial charge >= 0.3 is 0 Å². The Morgan fingerprint density at radius 2 is 1.87 bits per heavy atom. The van der Waals surface area contributed by atoms with Crippen LogP contribution in [0.4, 0.5) is 5.69 Å². The number of nitrogens with zero attached hydrogens (tertiary/aromatic N) is 4. The van der Waals surface area contributed by atoms with Gasteiger partial charge in [-0.3, -0.25) is 4.79 Å². The van der Waals surface area contributed by atoms with Crippen LogP contribution in [0.5, 0.6) is 0 Å². The Labute approximate surface area is 187 Å². The molecule has 31 heavy (non-hydrogen) atoms. The molecule has 1 aliphatic heterocycles. The number of nitrogens with one attached hydrogen (secondary N) is 1. The third kappa shape index (κ3) is 5.19. The van der Waals surface area contributed by atoms with E-state index >= 15 is 0 Å². The van der Waals surface area contributed by atoms with Crippen molar-refractivity contribution in [3.05, 3.63) is 42.7 Å². The van der Waals surface area contributed by atoms with Gasteiger partial charge in [-0.05, 0) is 49.9 Å². The van der Waals surface area contributed by atoms with Crippen LogP contribution in [-0.4, -0.2) is 52.2 Å². The van der Waals surface area contributed by atoms with Crippen molar-refractivity contribution in [1.29, 1.82) is 0 Å². The maximum absolute atomic E-state index is 12.7. The van der Waals surface area contributed by atoms with Crippen molar-refractivity contribution in [3.8, 4) is 0 Å². The number of benzene rings is 1. The topological polar surface area (TPSA) is 97.2 Å². The Morgan fingerprint density at radius 3 is 2.52 bits per heavy atom. The van der Waals surface area contributed by atoms with E-state index in [-0.39, 0.29) is 16.6 Å². The predicted molar refractivity (Wildman–Crippen MR) is 121 cm³/mol. The molecule has 2 fully saturated rings. The summed E-state index contributed by atoms with van der Waals surface area (Å²) < 4.78 is 29.0. The Morgan fingerprint density at radius 1 is 1.16 bits per heavy atom. The Balaban J connectivity index is 1.34. The molecule has 1 aromatic heterocycles. The quantitative estimate of drug-likeness (QED) is 0.455. The van der Waals surface area contributed by atoms with Crippen LogP contribution in [0.15, 0.2) is 47.0 Å². The molecule has 4 rings (SSSR count). The number of hydrogen-bond donors (Lipinski definition) is 1. The first-order valence-corrected chi connectivity index (χ1v) is 13.0. The molecule has 0 radical (unpaired) electrons. The van der Waals surface area contributed by atoms with Crippen LogP contribution in [0.3, 0.4) is 0 Å². The SMILES string of the molecule is C=CCn1c(SCC(=O)Nc2ccc(S(=O)(=O)N3CCCCC3)cc2)nnc1C1CC1. The summed E-state index contributed by atoms with van der Waals surface area (Å²) in [5.74, 6) is 1.44. The second kappa shape index (κ2) is 9.54. The summed E-state index contributed by atoms with van der Waals surface area (Å²) in [6.45, 7) is 5.55. The molecule has 1 saturated carbocycles. The van der Waals surface area contributed by atoms with E-state index in [0.717, 1.165) is 37.9 Å². The van der Waals surface area contributed by atoms with E-state index in [1.54, 1.807) is 30.3 Å². The summed E-state index contributed by atoms with van der Waals surface area (Å²) in [6, 6.07) is 6.36. The number of thioether (sulfide) groups is 1. The van der Waals surface area contributed by atoms with Crippen molar-refractivity contribution < 1.29 is 13.2 Å². The largest absolute Gasteiger partial charge is 0.325 e. The van der Waals surface area contributed by atoms with Crippen LogP contribution in [0.2, 0.25) is 0 Å². The molecule has 1 N–H and O–H groups in total. The molecule has 0 bridgehead atoms. The zero-order valence-electron chi connectivity index (χ0n) is 17.4. The molecule has 2 aromatic rings. The molecule has 2 heterocycles. The molecular formula is C21H27N5O3S2. The third-order valence-electron chi connectivity index (χ3n) is 5.42. The van der Waals surface area contributed by atoms with Crippen LogP contribution in [0.1, 0.15) is 43.8 Å². The second-order valence-corrected chi connectivity index (χ2v) is 10.7. The number of carbonyl (C=O) groups excluding carboxylic acids is 1. The highest BCUT2D eigenvalue weighted by Gasteiger charge is 2.30. The van der Waals surface area contributed by atoms with Crippen molar-refractivity contribution >= 4 is 33.4 Å². The van der Waals surface area contributed by atoms with E-state index in [9.17, 15) is 13.2 Å². The summed E-state index contributed by atoms with van der Waals surface area (Å²) in [4.78, 5) is 12.7. The molecule has 1 aromatic carbocycles. The monoisotopic (exact) mass is 461 g/mol. The van der Waals surface area contributed by atoms with Gasteiger partial charge < -0.3 is 9.88 Å². The number of carbonyl (C=O) groups is 1. The normalized spacial score (nSPS) is 17.4. The molecule has 1 amide bonds. The highest BCUT2D eigenvalue weighted by atomic mass is 32.2. The highest BCUT2D eigenvalue weighted by Crippen LogP contribution is 2.40. The Hall–Kier alpha value is -2.17. The number of amides is 1. The summed E-state index contributed by atoms with van der Waals surface area (Å²) in [5, 5.41) is 12.0. The molecule has 166 valence electrons. The summed E-state index contributed by atoms with van der Waals surface area (Å²) >= 11 is 1.33. The van der Waals surface area contributed by atoms with E-state index in [1.165, 1.54) is 16.1 Å². The molecule has 10 heteroatoms. The fourth-order valence-corrected chi connectivity index (χ4v) is 5.91. The van der Waals surface area contributed by atoms with Gasteiger partial charge in [0, 0.05) is 31.2 Å². The lowest BCUT2D eigenvalue weighted by atomic mass is 10.2. The zero-order valence-corrected chi connectivity index (χ0v) is 19.0. The van der Waals surface area contributed by atoms with Gasteiger partial charge in [-0.25, -0.2) is 8.42 Å². The second-order valence-electron chi connectivity index (χ2n) is 7.84. The first-order valence-electron chi connectivity index (χ1n) is 10.6. The molecule has 0 atom stereocenters. The molecular weight excluding hydrogens is 434 g/mol. The number of anilines is 1. The van der Waals surface area contributed by atoms with E-state index in [2.05, 4.69) is 22.1 Å². The molecule has 8 nitrogen and oxygen atoms in total. The van der Waals surface area contributed by atoms with Crippen molar-refractivity contribution in [3.63, 3.8) is 0 Å². The zero-order chi connectivity index (χ0) is 21.8. The van der Waals surface area contributed by atoms with Gasteiger partial charge in [-0.2, -0.15) is 4.31 Å². The van der Waals surface area contributed by atoms with Crippen molar-refractivity contribution in [1.82, 2.24) is 19.1 Å². The summed E-state index contributed by atoms with van der Waals surface area (Å²) in [6.07, 6.45) is 6.93. The van der Waals surface area contributed by atoms with Crippen LogP contribution in [0, 0.1) is 0 Å². The fraction of sp³-hybridized carbons (Fsp3) is 0.476. The lowest BCUT2D eigenvalue weighted by Crippen LogP contribution is -2.35. The van der Waals surface area contributed by atoms with Crippen molar-refractivity contribution in [2.45, 2.75) is 54.6 Å². The minimum Gasteiger partial charge on any atom is -0.325 e. The van der Waals surface area contributed by atoms with Gasteiger partial charge in [0.15, 0.2) is 5.16 Å². The van der Waals surface area contributed by atoms with Crippen molar-refractivity contribution in [2.24, 2.45) is 0 Å². The Kier molecular flexibility index (Phi) is 6.78. The average molecular weight is 462 g/mol. The number of aromatic nitrogens is 3. The lowest BCUT2D eigenvalue weighted by molar-refractivity contribution is -0.113. The van der Waals surface area contributed by atoms with Gasteiger partial charge in [0.25, 0.3) is 0 Å². The first kappa shape index (κ1) is 22.0. The highest BCUT2D eigenvalue weighted by molar-refractivity contribution is 7.99. The van der Waals surface area contributed by atoms with Gasteiger partial charge in [-0.1, -0.05) is 24.3 Å². The van der Waals surface area contributed by atoms with Crippen LogP contribution in [-0.2, 0) is 21.4 Å². The average Bonchev–Trinajstić information content (AvgIpc) is 3.55. The van der Waals surface area contributed by atoms with E-state index in [0.29, 0.717) is 36.4 Å². The number of hydrogen-bond acceptors (Lipinski definition) is 6. The lowest BCUT2D eigenvalue weighted by Gasteiger charge is -2.25. The standard InChI is InChI=1S/C21H27N5O3S2/c1-2-12-26-20(16-6-7-16)23-24-21(26)30-15-19(27)22-17-8-10-18(11-9-17)31(28,29)25-13-4-3-5-14-25/h2,8-11,16H,1,3-7,12-15H2,(H,22,27). The molecule has 1 saturated heterocycles. The van der Waals surface area contributed by atoms with Gasteiger partial charge in [0.05, 0.1) is 10.6 Å². The van der Waals surface area contributed by atoms with E-state index < -0.39 is 10.0 Å². The van der Waals surface area contributed by atoms with Gasteiger partial charge in [0.1, 0.15) is 5.82 Å². The molecule has 1 aliphatic carbocycles. The van der Waals surface area contributed by atoms with Crippen LogP contribution >= 0.6 is 11.8 Å². The number of sulfonamides is 1. The maximum atomic E-state index is 12.7.